The Bertz CT molecular complexity index is 788. The van der Waals surface area contributed by atoms with Crippen LogP contribution in [-0.2, 0) is 22.4 Å². The van der Waals surface area contributed by atoms with Crippen LogP contribution in [0.5, 0.6) is 0 Å². The lowest BCUT2D eigenvalue weighted by Gasteiger charge is -2.15. The van der Waals surface area contributed by atoms with E-state index in [2.05, 4.69) is 5.32 Å². The van der Waals surface area contributed by atoms with Crippen molar-refractivity contribution in [3.05, 3.63) is 69.7 Å². The Labute approximate surface area is 145 Å². The summed E-state index contributed by atoms with van der Waals surface area (Å²) in [5.74, 6) is -0.449. The molecule has 0 heterocycles. The maximum atomic E-state index is 12.3. The van der Waals surface area contributed by atoms with Crippen LogP contribution in [0.25, 0.3) is 0 Å². The number of aryl methyl sites for hydroxylation is 1. The van der Waals surface area contributed by atoms with E-state index in [1.54, 1.807) is 12.1 Å². The van der Waals surface area contributed by atoms with Crippen LogP contribution in [0.2, 0.25) is 5.02 Å². The molecule has 2 aromatic carbocycles. The Morgan fingerprint density at radius 3 is 2.79 bits per heavy atom. The number of hydrogen-bond donors (Lipinski definition) is 1. The van der Waals surface area contributed by atoms with Gasteiger partial charge in [0.1, 0.15) is 0 Å². The molecule has 1 N–H and O–H groups in total. The summed E-state index contributed by atoms with van der Waals surface area (Å²) >= 11 is 6.11. The van der Waals surface area contributed by atoms with Crippen molar-refractivity contribution in [2.24, 2.45) is 0 Å². The zero-order valence-electron chi connectivity index (χ0n) is 13.3. The average molecular weight is 344 g/mol. The molecule has 0 aliphatic heterocycles. The van der Waals surface area contributed by atoms with Crippen LogP contribution >= 0.6 is 11.6 Å². The van der Waals surface area contributed by atoms with Crippen molar-refractivity contribution in [2.75, 3.05) is 7.11 Å². The van der Waals surface area contributed by atoms with Crippen LogP contribution in [-0.4, -0.2) is 19.0 Å². The van der Waals surface area contributed by atoms with Crippen LogP contribution in [0.15, 0.2) is 42.5 Å². The predicted octanol–water partition coefficient (Wildman–Crippen LogP) is 3.47. The number of fused-ring (bicyclic) bond motifs is 1. The Balaban J connectivity index is 1.73. The highest BCUT2D eigenvalue weighted by atomic mass is 35.5. The molecule has 1 aliphatic rings. The minimum Gasteiger partial charge on any atom is -0.465 e. The average Bonchev–Trinajstić information content (AvgIpc) is 2.98. The number of carbonyl (C=O) groups is 2. The molecule has 1 amide bonds. The van der Waals surface area contributed by atoms with Gasteiger partial charge in [-0.1, -0.05) is 35.9 Å². The minimum absolute atomic E-state index is 0.0792. The zero-order chi connectivity index (χ0) is 17.1. The van der Waals surface area contributed by atoms with Crippen molar-refractivity contribution in [3.63, 3.8) is 0 Å². The SMILES string of the molecule is COC(=O)c1ccc2c(c1)C(NC(=O)Cc1ccccc1Cl)CC2. The van der Waals surface area contributed by atoms with Crippen molar-refractivity contribution in [1.29, 1.82) is 0 Å². The Kier molecular flexibility index (Phi) is 4.86. The van der Waals surface area contributed by atoms with E-state index in [1.165, 1.54) is 7.11 Å². The molecular weight excluding hydrogens is 326 g/mol. The molecule has 1 aliphatic carbocycles. The number of halogens is 1. The number of amides is 1. The molecule has 124 valence electrons. The van der Waals surface area contributed by atoms with Crippen molar-refractivity contribution in [2.45, 2.75) is 25.3 Å². The monoisotopic (exact) mass is 343 g/mol. The van der Waals surface area contributed by atoms with Crippen LogP contribution in [0.1, 0.15) is 39.5 Å². The van der Waals surface area contributed by atoms with Crippen molar-refractivity contribution < 1.29 is 14.3 Å². The first kappa shape index (κ1) is 16.5. The quantitative estimate of drug-likeness (QED) is 0.865. The third-order valence-corrected chi connectivity index (χ3v) is 4.66. The van der Waals surface area contributed by atoms with Gasteiger partial charge in [-0.2, -0.15) is 0 Å². The van der Waals surface area contributed by atoms with Gasteiger partial charge in [0.2, 0.25) is 5.91 Å². The highest BCUT2D eigenvalue weighted by Crippen LogP contribution is 2.32. The molecule has 4 nitrogen and oxygen atoms in total. The van der Waals surface area contributed by atoms with Crippen molar-refractivity contribution in [1.82, 2.24) is 5.32 Å². The van der Waals surface area contributed by atoms with E-state index < -0.39 is 0 Å². The Hall–Kier alpha value is -2.33. The van der Waals surface area contributed by atoms with Gasteiger partial charge in [0.15, 0.2) is 0 Å². The molecule has 3 rings (SSSR count). The van der Waals surface area contributed by atoms with E-state index in [0.717, 1.165) is 29.5 Å². The highest BCUT2D eigenvalue weighted by Gasteiger charge is 2.25. The number of carbonyl (C=O) groups excluding carboxylic acids is 2. The Morgan fingerprint density at radius 2 is 2.04 bits per heavy atom. The molecule has 0 saturated heterocycles. The molecule has 0 aromatic heterocycles. The maximum absolute atomic E-state index is 12.3. The third kappa shape index (κ3) is 3.44. The number of esters is 1. The molecule has 5 heteroatoms. The molecule has 2 aromatic rings. The number of ether oxygens (including phenoxy) is 1. The van der Waals surface area contributed by atoms with Gasteiger partial charge >= 0.3 is 5.97 Å². The summed E-state index contributed by atoms with van der Waals surface area (Å²) in [6.45, 7) is 0. The molecule has 0 fully saturated rings. The number of hydrogen-bond acceptors (Lipinski definition) is 3. The largest absolute Gasteiger partial charge is 0.465 e. The van der Waals surface area contributed by atoms with E-state index in [4.69, 9.17) is 16.3 Å². The fourth-order valence-electron chi connectivity index (χ4n) is 3.06. The normalized spacial score (nSPS) is 15.7. The zero-order valence-corrected chi connectivity index (χ0v) is 14.1. The van der Waals surface area contributed by atoms with E-state index in [0.29, 0.717) is 10.6 Å². The predicted molar refractivity (Wildman–Crippen MR) is 92.1 cm³/mol. The van der Waals surface area contributed by atoms with Gasteiger partial charge in [0.25, 0.3) is 0 Å². The number of nitrogens with one attached hydrogen (secondary N) is 1. The van der Waals surface area contributed by atoms with Crippen LogP contribution in [0.3, 0.4) is 0 Å². The maximum Gasteiger partial charge on any atom is 0.337 e. The molecule has 1 unspecified atom stereocenters. The molecule has 0 radical (unpaired) electrons. The van der Waals surface area contributed by atoms with Gasteiger partial charge in [-0.25, -0.2) is 4.79 Å². The standard InChI is InChI=1S/C19H18ClNO3/c1-24-19(23)14-7-6-12-8-9-17(15(12)10-14)21-18(22)11-13-4-2-3-5-16(13)20/h2-7,10,17H,8-9,11H2,1H3,(H,21,22). The second-order valence-corrected chi connectivity index (χ2v) is 6.24. The molecule has 0 bridgehead atoms. The molecule has 0 spiro atoms. The first-order valence-electron chi connectivity index (χ1n) is 7.82. The summed E-state index contributed by atoms with van der Waals surface area (Å²) in [7, 11) is 1.36. The molecular formula is C19H18ClNO3. The van der Waals surface area contributed by atoms with Gasteiger partial charge in [0, 0.05) is 5.02 Å². The number of rotatable bonds is 4. The summed E-state index contributed by atoms with van der Waals surface area (Å²) in [5.41, 5.74) is 3.46. The van der Waals surface area contributed by atoms with Gasteiger partial charge in [-0.05, 0) is 47.7 Å². The molecule has 24 heavy (non-hydrogen) atoms. The lowest BCUT2D eigenvalue weighted by molar-refractivity contribution is -0.121. The minimum atomic E-state index is -0.370. The van der Waals surface area contributed by atoms with Gasteiger partial charge in [-0.15, -0.1) is 0 Å². The van der Waals surface area contributed by atoms with Gasteiger partial charge in [0.05, 0.1) is 25.1 Å². The number of methoxy groups -OCH3 is 1. The Morgan fingerprint density at radius 1 is 1.25 bits per heavy atom. The third-order valence-electron chi connectivity index (χ3n) is 4.29. The molecule has 1 atom stereocenters. The fraction of sp³-hybridized carbons (Fsp3) is 0.263. The fourth-order valence-corrected chi connectivity index (χ4v) is 3.26. The first-order chi connectivity index (χ1) is 11.6. The highest BCUT2D eigenvalue weighted by molar-refractivity contribution is 6.31. The topological polar surface area (TPSA) is 55.4 Å². The smallest absolute Gasteiger partial charge is 0.337 e. The lowest BCUT2D eigenvalue weighted by Crippen LogP contribution is -2.28. The van der Waals surface area contributed by atoms with Crippen LogP contribution in [0, 0.1) is 0 Å². The summed E-state index contributed by atoms with van der Waals surface area (Å²) < 4.78 is 4.76. The van der Waals surface area contributed by atoms with Gasteiger partial charge in [-0.3, -0.25) is 4.79 Å². The van der Waals surface area contributed by atoms with E-state index in [9.17, 15) is 9.59 Å². The van der Waals surface area contributed by atoms with E-state index in [1.807, 2.05) is 30.3 Å². The second-order valence-electron chi connectivity index (χ2n) is 5.83. The second kappa shape index (κ2) is 7.05. The van der Waals surface area contributed by atoms with Gasteiger partial charge < -0.3 is 10.1 Å². The summed E-state index contributed by atoms with van der Waals surface area (Å²) in [5, 5.41) is 3.64. The van der Waals surface area contributed by atoms with Crippen LogP contribution in [0.4, 0.5) is 0 Å². The van der Waals surface area contributed by atoms with E-state index in [-0.39, 0.29) is 24.3 Å². The summed E-state index contributed by atoms with van der Waals surface area (Å²) in [4.78, 5) is 24.0. The van der Waals surface area contributed by atoms with Crippen LogP contribution < -0.4 is 5.32 Å². The van der Waals surface area contributed by atoms with E-state index >= 15 is 0 Å². The lowest BCUT2D eigenvalue weighted by atomic mass is 10.0. The first-order valence-corrected chi connectivity index (χ1v) is 8.20. The molecule has 0 saturated carbocycles. The van der Waals surface area contributed by atoms with Crippen molar-refractivity contribution in [3.8, 4) is 0 Å². The number of benzene rings is 2. The van der Waals surface area contributed by atoms with Crippen molar-refractivity contribution >= 4 is 23.5 Å². The summed E-state index contributed by atoms with van der Waals surface area (Å²) in [6, 6.07) is 12.7. The summed E-state index contributed by atoms with van der Waals surface area (Å²) in [6.07, 6.45) is 1.95.